The van der Waals surface area contributed by atoms with E-state index in [2.05, 4.69) is 10.2 Å². The van der Waals surface area contributed by atoms with Gasteiger partial charge in [-0.3, -0.25) is 10.1 Å². The Morgan fingerprint density at radius 3 is 2.48 bits per heavy atom. The van der Waals surface area contributed by atoms with Crippen LogP contribution < -0.4 is 4.90 Å². The lowest BCUT2D eigenvalue weighted by Gasteiger charge is -2.33. The predicted molar refractivity (Wildman–Crippen MR) is 93.7 cm³/mol. The Balaban J connectivity index is 1.78. The van der Waals surface area contributed by atoms with Gasteiger partial charge < -0.3 is 4.90 Å². The Bertz CT molecular complexity index is 909. The van der Waals surface area contributed by atoms with Crippen molar-refractivity contribution in [1.82, 2.24) is 14.5 Å². The van der Waals surface area contributed by atoms with Gasteiger partial charge in [0, 0.05) is 32.2 Å². The van der Waals surface area contributed by atoms with E-state index in [1.165, 1.54) is 27.8 Å². The lowest BCUT2D eigenvalue weighted by molar-refractivity contribution is -0.384. The molecule has 1 aliphatic heterocycles. The molecular weight excluding hydrogens is 390 g/mol. The maximum Gasteiger partial charge on any atom is 0.289 e. The second-order valence-corrected chi connectivity index (χ2v) is 8.87. The van der Waals surface area contributed by atoms with E-state index in [0.29, 0.717) is 13.1 Å². The Labute approximate surface area is 153 Å². The molecule has 1 aliphatic rings. The zero-order valence-electron chi connectivity index (χ0n) is 13.1. The third kappa shape index (κ3) is 3.59. The molecule has 0 radical (unpaired) electrons. The molecule has 1 saturated heterocycles. The second-order valence-electron chi connectivity index (χ2n) is 5.37. The van der Waals surface area contributed by atoms with Crippen molar-refractivity contribution < 1.29 is 13.3 Å². The van der Waals surface area contributed by atoms with E-state index in [1.54, 1.807) is 0 Å². The molecule has 2 heterocycles. The molecule has 0 bridgehead atoms. The first-order chi connectivity index (χ1) is 11.8. The predicted octanol–water partition coefficient (Wildman–Crippen LogP) is 1.92. The molecular formula is C13H14ClN5O4S2. The first kappa shape index (κ1) is 18.0. The molecule has 2 aromatic rings. The Morgan fingerprint density at radius 2 is 1.92 bits per heavy atom. The van der Waals surface area contributed by atoms with Crippen molar-refractivity contribution in [3.8, 4) is 0 Å². The monoisotopic (exact) mass is 403 g/mol. The van der Waals surface area contributed by atoms with Crippen LogP contribution in [-0.2, 0) is 10.0 Å². The average molecular weight is 404 g/mol. The van der Waals surface area contributed by atoms with Crippen molar-refractivity contribution in [3.63, 3.8) is 0 Å². The second kappa shape index (κ2) is 6.83. The van der Waals surface area contributed by atoms with Crippen LogP contribution in [-0.4, -0.2) is 54.0 Å². The van der Waals surface area contributed by atoms with E-state index in [0.717, 1.165) is 16.2 Å². The molecule has 12 heteroatoms. The van der Waals surface area contributed by atoms with Crippen LogP contribution >= 0.6 is 22.9 Å². The summed E-state index contributed by atoms with van der Waals surface area (Å²) in [7, 11) is -3.82. The van der Waals surface area contributed by atoms with Crippen LogP contribution in [0.2, 0.25) is 5.02 Å². The molecule has 0 N–H and O–H groups in total. The number of hydrogen-bond acceptors (Lipinski definition) is 8. The highest BCUT2D eigenvalue weighted by atomic mass is 35.5. The number of halogens is 1. The van der Waals surface area contributed by atoms with Gasteiger partial charge in [-0.15, -0.1) is 10.2 Å². The molecule has 0 atom stereocenters. The number of hydrogen-bond donors (Lipinski definition) is 0. The van der Waals surface area contributed by atoms with Gasteiger partial charge in [0.15, 0.2) is 0 Å². The lowest BCUT2D eigenvalue weighted by atomic mass is 10.3. The van der Waals surface area contributed by atoms with E-state index in [1.807, 2.05) is 11.8 Å². The van der Waals surface area contributed by atoms with Gasteiger partial charge in [-0.25, -0.2) is 8.42 Å². The number of nitrogens with zero attached hydrogens (tertiary/aromatic N) is 5. The van der Waals surface area contributed by atoms with Crippen molar-refractivity contribution in [2.24, 2.45) is 0 Å². The molecule has 0 spiro atoms. The summed E-state index contributed by atoms with van der Waals surface area (Å²) in [6.07, 6.45) is 0. The first-order valence-corrected chi connectivity index (χ1v) is 9.91. The van der Waals surface area contributed by atoms with Crippen molar-refractivity contribution >= 4 is 43.8 Å². The van der Waals surface area contributed by atoms with Crippen molar-refractivity contribution in [2.45, 2.75) is 11.8 Å². The van der Waals surface area contributed by atoms with Gasteiger partial charge in [0.25, 0.3) is 5.69 Å². The number of sulfonamides is 1. The number of nitro groups is 1. The minimum absolute atomic E-state index is 0.0968. The highest BCUT2D eigenvalue weighted by Gasteiger charge is 2.31. The fourth-order valence-electron chi connectivity index (χ4n) is 2.48. The standard InChI is InChI=1S/C13H14ClN5O4S2/c1-9-15-16-13(24-9)17-4-6-18(7-5-17)25(22,23)10-2-3-11(14)12(8-10)19(20)21/h2-3,8H,4-7H2,1H3. The Kier molecular flexibility index (Phi) is 4.91. The largest absolute Gasteiger partial charge is 0.344 e. The molecule has 3 rings (SSSR count). The Hall–Kier alpha value is -1.82. The number of piperazine rings is 1. The minimum atomic E-state index is -3.82. The third-order valence-electron chi connectivity index (χ3n) is 3.78. The number of nitro benzene ring substituents is 1. The van der Waals surface area contributed by atoms with Gasteiger partial charge in [-0.2, -0.15) is 4.31 Å². The van der Waals surface area contributed by atoms with E-state index >= 15 is 0 Å². The summed E-state index contributed by atoms with van der Waals surface area (Å²) in [6, 6.07) is 3.51. The third-order valence-corrected chi connectivity index (χ3v) is 6.89. The van der Waals surface area contributed by atoms with E-state index in [-0.39, 0.29) is 23.0 Å². The SMILES string of the molecule is Cc1nnc(N2CCN(S(=O)(=O)c3ccc(Cl)c([N+](=O)[O-])c3)CC2)s1. The smallest absolute Gasteiger partial charge is 0.289 e. The van der Waals surface area contributed by atoms with Crippen LogP contribution in [0, 0.1) is 17.0 Å². The van der Waals surface area contributed by atoms with Crippen LogP contribution in [0.15, 0.2) is 23.1 Å². The van der Waals surface area contributed by atoms with Gasteiger partial charge in [-0.05, 0) is 19.1 Å². The number of rotatable bonds is 4. The summed E-state index contributed by atoms with van der Waals surface area (Å²) in [4.78, 5) is 12.1. The fourth-order valence-corrected chi connectivity index (χ4v) is 4.84. The quantitative estimate of drug-likeness (QED) is 0.566. The number of aryl methyl sites for hydroxylation is 1. The number of benzene rings is 1. The highest BCUT2D eigenvalue weighted by molar-refractivity contribution is 7.89. The number of anilines is 1. The van der Waals surface area contributed by atoms with Crippen LogP contribution in [0.3, 0.4) is 0 Å². The summed E-state index contributed by atoms with van der Waals surface area (Å²) in [5.41, 5.74) is -0.425. The minimum Gasteiger partial charge on any atom is -0.344 e. The van der Waals surface area contributed by atoms with Crippen molar-refractivity contribution in [3.05, 3.63) is 38.3 Å². The first-order valence-electron chi connectivity index (χ1n) is 7.28. The molecule has 0 aliphatic carbocycles. The summed E-state index contributed by atoms with van der Waals surface area (Å²) in [6.45, 7) is 3.33. The van der Waals surface area contributed by atoms with Crippen molar-refractivity contribution in [1.29, 1.82) is 0 Å². The van der Waals surface area contributed by atoms with Crippen LogP contribution in [0.25, 0.3) is 0 Å². The summed E-state index contributed by atoms with van der Waals surface area (Å²) < 4.78 is 26.8. The Morgan fingerprint density at radius 1 is 1.24 bits per heavy atom. The molecule has 134 valence electrons. The van der Waals surface area contributed by atoms with Gasteiger partial charge in [0.05, 0.1) is 9.82 Å². The zero-order valence-corrected chi connectivity index (χ0v) is 15.5. The van der Waals surface area contributed by atoms with Crippen molar-refractivity contribution in [2.75, 3.05) is 31.1 Å². The molecule has 9 nitrogen and oxygen atoms in total. The van der Waals surface area contributed by atoms with Crippen LogP contribution in [0.5, 0.6) is 0 Å². The molecule has 1 aromatic heterocycles. The molecule has 0 unspecified atom stereocenters. The zero-order chi connectivity index (χ0) is 18.2. The molecule has 1 fully saturated rings. The van der Waals surface area contributed by atoms with E-state index in [4.69, 9.17) is 11.6 Å². The normalized spacial score (nSPS) is 16.2. The summed E-state index contributed by atoms with van der Waals surface area (Å²) in [5.74, 6) is 0. The highest BCUT2D eigenvalue weighted by Crippen LogP contribution is 2.29. The average Bonchev–Trinajstić information content (AvgIpc) is 3.01. The lowest BCUT2D eigenvalue weighted by Crippen LogP contribution is -2.48. The van der Waals surface area contributed by atoms with Crippen LogP contribution in [0.1, 0.15) is 5.01 Å². The maximum absolute atomic E-state index is 12.7. The fraction of sp³-hybridized carbons (Fsp3) is 0.385. The number of aromatic nitrogens is 2. The molecule has 0 saturated carbocycles. The molecule has 25 heavy (non-hydrogen) atoms. The molecule has 1 aromatic carbocycles. The topological polar surface area (TPSA) is 110 Å². The van der Waals surface area contributed by atoms with E-state index in [9.17, 15) is 18.5 Å². The van der Waals surface area contributed by atoms with Gasteiger partial charge in [0.2, 0.25) is 15.2 Å². The van der Waals surface area contributed by atoms with Crippen LogP contribution in [0.4, 0.5) is 10.8 Å². The van der Waals surface area contributed by atoms with Gasteiger partial charge >= 0.3 is 0 Å². The summed E-state index contributed by atoms with van der Waals surface area (Å²) in [5, 5.41) is 20.5. The van der Waals surface area contributed by atoms with Gasteiger partial charge in [0.1, 0.15) is 10.0 Å². The maximum atomic E-state index is 12.7. The van der Waals surface area contributed by atoms with E-state index < -0.39 is 20.6 Å². The van der Waals surface area contributed by atoms with Gasteiger partial charge in [-0.1, -0.05) is 22.9 Å². The summed E-state index contributed by atoms with van der Waals surface area (Å²) >= 11 is 7.20. The molecule has 0 amide bonds.